The zero-order valence-corrected chi connectivity index (χ0v) is 22.2. The number of rotatable bonds is 7. The zero-order chi connectivity index (χ0) is 26.8. The van der Waals surface area contributed by atoms with Crippen LogP contribution in [0.15, 0.2) is 24.3 Å². The van der Waals surface area contributed by atoms with Gasteiger partial charge in [0.1, 0.15) is 5.82 Å². The quantitative estimate of drug-likeness (QED) is 0.568. The smallest absolute Gasteiger partial charge is 0.320 e. The van der Waals surface area contributed by atoms with Gasteiger partial charge < -0.3 is 14.5 Å². The van der Waals surface area contributed by atoms with E-state index in [-0.39, 0.29) is 56.4 Å². The summed E-state index contributed by atoms with van der Waals surface area (Å²) in [5.74, 6) is -3.16. The first kappa shape index (κ1) is 28.1. The van der Waals surface area contributed by atoms with Crippen molar-refractivity contribution in [2.45, 2.75) is 62.5 Å². The number of amides is 2. The fourth-order valence-electron chi connectivity index (χ4n) is 5.51. The Balaban J connectivity index is 1.36. The molecule has 1 saturated carbocycles. The van der Waals surface area contributed by atoms with Gasteiger partial charge in [0.2, 0.25) is 0 Å². The summed E-state index contributed by atoms with van der Waals surface area (Å²) in [5.41, 5.74) is 0.991. The van der Waals surface area contributed by atoms with Gasteiger partial charge in [0.25, 0.3) is 16.1 Å². The highest BCUT2D eigenvalue weighted by molar-refractivity contribution is 7.87. The third kappa shape index (κ3) is 7.15. The number of ether oxygens (including phenoxy) is 1. The maximum Gasteiger partial charge on any atom is 0.320 e. The van der Waals surface area contributed by atoms with Crippen molar-refractivity contribution >= 4 is 16.2 Å². The van der Waals surface area contributed by atoms with Gasteiger partial charge >= 0.3 is 6.03 Å². The molecule has 1 unspecified atom stereocenters. The van der Waals surface area contributed by atoms with Crippen LogP contribution in [0.5, 0.6) is 0 Å². The van der Waals surface area contributed by atoms with Crippen molar-refractivity contribution in [2.75, 3.05) is 46.9 Å². The highest BCUT2D eigenvalue weighted by Crippen LogP contribution is 2.35. The first-order chi connectivity index (χ1) is 17.4. The maximum absolute atomic E-state index is 13.7. The van der Waals surface area contributed by atoms with E-state index in [9.17, 15) is 26.4 Å². The van der Waals surface area contributed by atoms with E-state index in [1.165, 1.54) is 30.0 Å². The number of hydrogen-bond donors (Lipinski definition) is 1. The van der Waals surface area contributed by atoms with Crippen molar-refractivity contribution in [1.29, 1.82) is 0 Å². The molecule has 0 spiro atoms. The van der Waals surface area contributed by atoms with Gasteiger partial charge in [-0.1, -0.05) is 12.1 Å². The Morgan fingerprint density at radius 1 is 1.14 bits per heavy atom. The Morgan fingerprint density at radius 2 is 1.86 bits per heavy atom. The molecule has 1 N–H and O–H groups in total. The lowest BCUT2D eigenvalue weighted by Crippen LogP contribution is -2.57. The lowest BCUT2D eigenvalue weighted by atomic mass is 9.82. The predicted molar refractivity (Wildman–Crippen MR) is 133 cm³/mol. The summed E-state index contributed by atoms with van der Waals surface area (Å²) in [4.78, 5) is 15.7. The molecule has 0 radical (unpaired) electrons. The van der Waals surface area contributed by atoms with Gasteiger partial charge in [-0.05, 0) is 55.7 Å². The van der Waals surface area contributed by atoms with E-state index in [4.69, 9.17) is 4.74 Å². The van der Waals surface area contributed by atoms with Crippen LogP contribution < -0.4 is 4.72 Å². The molecular formula is C25H37F3N4O4S. The number of alkyl halides is 2. The monoisotopic (exact) mass is 546 g/mol. The summed E-state index contributed by atoms with van der Waals surface area (Å²) in [5, 5.41) is 0. The Bertz CT molecular complexity index is 1050. The number of nitrogens with zero attached hydrogens (tertiary/aromatic N) is 3. The molecule has 0 bridgehead atoms. The van der Waals surface area contributed by atoms with Gasteiger partial charge in [0.15, 0.2) is 0 Å². The van der Waals surface area contributed by atoms with E-state index < -0.39 is 34.7 Å². The first-order valence-electron chi connectivity index (χ1n) is 12.9. The van der Waals surface area contributed by atoms with Crippen molar-refractivity contribution in [3.63, 3.8) is 0 Å². The highest BCUT2D eigenvalue weighted by Gasteiger charge is 2.43. The second kappa shape index (κ2) is 11.5. The van der Waals surface area contributed by atoms with Gasteiger partial charge in [-0.3, -0.25) is 0 Å². The molecular weight excluding hydrogens is 509 g/mol. The van der Waals surface area contributed by atoms with Crippen molar-refractivity contribution in [2.24, 2.45) is 5.92 Å². The SMILES string of the molecule is CN(C)S(=O)(=O)NC1CCN(C(=O)N2CCC(F)(F)C2)C[C@H]1COC1CCC(c2cccc(F)c2)CC1. The van der Waals surface area contributed by atoms with E-state index in [1.807, 2.05) is 6.07 Å². The van der Waals surface area contributed by atoms with Crippen LogP contribution in [0.4, 0.5) is 18.0 Å². The largest absolute Gasteiger partial charge is 0.378 e. The van der Waals surface area contributed by atoms with Crippen molar-refractivity contribution in [3.05, 3.63) is 35.6 Å². The second-order valence-electron chi connectivity index (χ2n) is 10.7. The summed E-state index contributed by atoms with van der Waals surface area (Å²) in [6.45, 7) is 0.163. The van der Waals surface area contributed by atoms with Crippen LogP contribution in [0, 0.1) is 11.7 Å². The molecule has 1 aliphatic carbocycles. The number of carbonyl (C=O) groups excluding carboxylic acids is 1. The number of hydrogen-bond acceptors (Lipinski definition) is 4. The van der Waals surface area contributed by atoms with Crippen LogP contribution in [0.1, 0.15) is 50.0 Å². The van der Waals surface area contributed by atoms with Crippen LogP contribution in [-0.2, 0) is 14.9 Å². The molecule has 2 saturated heterocycles. The van der Waals surface area contributed by atoms with E-state index in [0.717, 1.165) is 35.6 Å². The Labute approximate surface area is 217 Å². The molecule has 3 fully saturated rings. The van der Waals surface area contributed by atoms with Crippen LogP contribution in [0.25, 0.3) is 0 Å². The molecule has 37 heavy (non-hydrogen) atoms. The summed E-state index contributed by atoms with van der Waals surface area (Å²) in [6, 6.07) is 5.80. The molecule has 3 aliphatic rings. The van der Waals surface area contributed by atoms with Gasteiger partial charge in [0.05, 0.1) is 19.3 Å². The van der Waals surface area contributed by atoms with Crippen molar-refractivity contribution < 1.29 is 31.1 Å². The lowest BCUT2D eigenvalue weighted by Gasteiger charge is -2.41. The third-order valence-corrected chi connectivity index (χ3v) is 9.33. The van der Waals surface area contributed by atoms with Gasteiger partial charge in [-0.25, -0.2) is 18.0 Å². The molecule has 8 nitrogen and oxygen atoms in total. The number of carbonyl (C=O) groups is 1. The van der Waals surface area contributed by atoms with Gasteiger partial charge in [0, 0.05) is 52.1 Å². The number of urea groups is 1. The molecule has 2 aliphatic heterocycles. The highest BCUT2D eigenvalue weighted by atomic mass is 32.2. The Morgan fingerprint density at radius 3 is 2.49 bits per heavy atom. The molecule has 208 valence electrons. The fourth-order valence-corrected chi connectivity index (χ4v) is 6.41. The number of likely N-dealkylation sites (tertiary alicyclic amines) is 2. The first-order valence-corrected chi connectivity index (χ1v) is 14.4. The molecule has 0 aromatic heterocycles. The number of benzene rings is 1. The minimum Gasteiger partial charge on any atom is -0.378 e. The van der Waals surface area contributed by atoms with Crippen molar-refractivity contribution in [1.82, 2.24) is 18.8 Å². The Hall–Kier alpha value is -1.89. The van der Waals surface area contributed by atoms with E-state index in [0.29, 0.717) is 6.42 Å². The fraction of sp³-hybridized carbons (Fsp3) is 0.720. The molecule has 2 amide bonds. The average molecular weight is 547 g/mol. The lowest BCUT2D eigenvalue weighted by molar-refractivity contribution is -0.0154. The summed E-state index contributed by atoms with van der Waals surface area (Å²) in [7, 11) is -0.817. The minimum atomic E-state index is -3.70. The summed E-state index contributed by atoms with van der Waals surface area (Å²) < 4.78 is 76.0. The second-order valence-corrected chi connectivity index (χ2v) is 12.6. The topological polar surface area (TPSA) is 82.2 Å². The van der Waals surface area contributed by atoms with E-state index >= 15 is 0 Å². The van der Waals surface area contributed by atoms with E-state index in [2.05, 4.69) is 4.72 Å². The van der Waals surface area contributed by atoms with Crippen LogP contribution in [-0.4, -0.2) is 93.5 Å². The minimum absolute atomic E-state index is 0.00867. The number of piperidine rings is 1. The molecule has 4 rings (SSSR count). The molecule has 2 heterocycles. The van der Waals surface area contributed by atoms with Crippen molar-refractivity contribution in [3.8, 4) is 0 Å². The van der Waals surface area contributed by atoms with Gasteiger partial charge in [-0.2, -0.15) is 17.4 Å². The average Bonchev–Trinajstić information content (AvgIpc) is 3.22. The molecule has 1 aromatic carbocycles. The van der Waals surface area contributed by atoms with Crippen LogP contribution in [0.3, 0.4) is 0 Å². The van der Waals surface area contributed by atoms with Gasteiger partial charge in [-0.15, -0.1) is 0 Å². The number of halogens is 3. The third-order valence-electron chi connectivity index (χ3n) is 7.77. The van der Waals surface area contributed by atoms with E-state index in [1.54, 1.807) is 12.1 Å². The number of nitrogens with one attached hydrogen (secondary N) is 1. The zero-order valence-electron chi connectivity index (χ0n) is 21.4. The standard InChI is InChI=1S/C25H37F3N4O4S/c1-30(2)37(34,35)29-23-10-12-31(24(33)32-13-11-25(27,28)17-32)15-20(23)16-36-22-8-6-18(7-9-22)19-4-3-5-21(26)14-19/h3-5,14,18,20,22-23,29H,6-13,15-17H2,1-2H3/t18?,20-,22?,23?/m0/s1. The molecule has 12 heteroatoms. The van der Waals surface area contributed by atoms with Crippen LogP contribution in [0.2, 0.25) is 0 Å². The van der Waals surface area contributed by atoms with Crippen LogP contribution >= 0.6 is 0 Å². The summed E-state index contributed by atoms with van der Waals surface area (Å²) >= 11 is 0. The maximum atomic E-state index is 13.7. The molecule has 1 aromatic rings. The normalized spacial score (nSPS) is 28.6. The summed E-state index contributed by atoms with van der Waals surface area (Å²) in [6.07, 6.45) is 3.33. The predicted octanol–water partition coefficient (Wildman–Crippen LogP) is 3.42. The molecule has 2 atom stereocenters. The Kier molecular flexibility index (Phi) is 8.72.